The Bertz CT molecular complexity index is 274. The van der Waals surface area contributed by atoms with Crippen LogP contribution < -0.4 is 5.73 Å². The summed E-state index contributed by atoms with van der Waals surface area (Å²) in [5, 5.41) is 7.74. The first-order valence-electron chi connectivity index (χ1n) is 5.00. The van der Waals surface area contributed by atoms with E-state index in [-0.39, 0.29) is 0 Å². The van der Waals surface area contributed by atoms with Crippen LogP contribution in [0.2, 0.25) is 0 Å². The van der Waals surface area contributed by atoms with E-state index in [0.717, 1.165) is 18.5 Å². The third kappa shape index (κ3) is 3.30. The van der Waals surface area contributed by atoms with Gasteiger partial charge in [0, 0.05) is 12.2 Å². The summed E-state index contributed by atoms with van der Waals surface area (Å²) in [5.74, 6) is 0.694. The lowest BCUT2D eigenvalue weighted by Crippen LogP contribution is -2.04. The van der Waals surface area contributed by atoms with Crippen molar-refractivity contribution in [1.29, 1.82) is 0 Å². The number of hydrogen-bond donors (Lipinski definition) is 1. The molecule has 0 unspecified atom stereocenters. The Morgan fingerprint density at radius 1 is 1.57 bits per heavy atom. The van der Waals surface area contributed by atoms with Gasteiger partial charge in [-0.1, -0.05) is 19.1 Å². The van der Waals surface area contributed by atoms with E-state index < -0.39 is 0 Å². The molecule has 78 valence electrons. The molecule has 0 amide bonds. The fraction of sp³-hybridized carbons (Fsp3) is 0.600. The van der Waals surface area contributed by atoms with Crippen LogP contribution in [0.5, 0.6) is 0 Å². The van der Waals surface area contributed by atoms with Crippen LogP contribution in [0.3, 0.4) is 0 Å². The van der Waals surface area contributed by atoms with Gasteiger partial charge >= 0.3 is 0 Å². The van der Waals surface area contributed by atoms with Crippen molar-refractivity contribution >= 4 is 5.70 Å². The Hall–Kier alpha value is -1.16. The highest BCUT2D eigenvalue weighted by molar-refractivity contribution is 5.43. The van der Waals surface area contributed by atoms with Crippen molar-refractivity contribution in [3.05, 3.63) is 18.5 Å². The minimum Gasteiger partial charge on any atom is -0.327 e. The molecular weight excluding hydrogens is 176 g/mol. The average Bonchev–Trinajstić information content (AvgIpc) is 2.64. The zero-order chi connectivity index (χ0) is 10.4. The van der Waals surface area contributed by atoms with Gasteiger partial charge in [-0.25, -0.2) is 4.68 Å². The van der Waals surface area contributed by atoms with E-state index in [1.807, 2.05) is 12.3 Å². The van der Waals surface area contributed by atoms with E-state index in [2.05, 4.69) is 24.2 Å². The Morgan fingerprint density at radius 3 is 2.86 bits per heavy atom. The van der Waals surface area contributed by atoms with Gasteiger partial charge < -0.3 is 5.73 Å². The monoisotopic (exact) mass is 194 g/mol. The molecule has 1 rings (SSSR count). The fourth-order valence-corrected chi connectivity index (χ4v) is 1.24. The molecular formula is C10H18N4. The highest BCUT2D eigenvalue weighted by Crippen LogP contribution is 2.14. The van der Waals surface area contributed by atoms with Crippen molar-refractivity contribution in [2.24, 2.45) is 11.7 Å². The highest BCUT2D eigenvalue weighted by Gasteiger charge is 2.02. The first-order chi connectivity index (χ1) is 6.74. The van der Waals surface area contributed by atoms with Gasteiger partial charge in [-0.15, -0.1) is 5.10 Å². The third-order valence-electron chi connectivity index (χ3n) is 2.05. The molecule has 14 heavy (non-hydrogen) atoms. The molecule has 4 nitrogen and oxygen atoms in total. The molecule has 1 heterocycles. The van der Waals surface area contributed by atoms with Crippen LogP contribution in [0.15, 0.2) is 18.5 Å². The Labute approximate surface area is 84.8 Å². The fourth-order valence-electron chi connectivity index (χ4n) is 1.24. The van der Waals surface area contributed by atoms with Gasteiger partial charge in [0.05, 0.1) is 12.4 Å². The lowest BCUT2D eigenvalue weighted by molar-refractivity contribution is 0.586. The van der Waals surface area contributed by atoms with E-state index in [4.69, 9.17) is 5.73 Å². The number of rotatable bonds is 5. The van der Waals surface area contributed by atoms with E-state index in [1.54, 1.807) is 10.9 Å². The van der Waals surface area contributed by atoms with Crippen molar-refractivity contribution in [3.63, 3.8) is 0 Å². The number of allylic oxidation sites excluding steroid dienone is 1. The van der Waals surface area contributed by atoms with E-state index in [9.17, 15) is 0 Å². The molecule has 2 N–H and O–H groups in total. The van der Waals surface area contributed by atoms with Crippen LogP contribution in [-0.2, 0) is 0 Å². The molecule has 0 spiro atoms. The molecule has 0 bridgehead atoms. The summed E-state index contributed by atoms with van der Waals surface area (Å²) >= 11 is 0. The molecule has 1 aromatic rings. The van der Waals surface area contributed by atoms with Crippen LogP contribution in [0.25, 0.3) is 5.70 Å². The van der Waals surface area contributed by atoms with Gasteiger partial charge in [0.2, 0.25) is 0 Å². The van der Waals surface area contributed by atoms with Crippen LogP contribution in [-0.4, -0.2) is 21.5 Å². The standard InChI is InChI=1S/C10H18N4/c1-9(2)3-4-10(5-6-11)14-8-7-12-13-14/h5,7-9H,3-4,6,11H2,1-2H3. The van der Waals surface area contributed by atoms with Gasteiger partial charge in [-0.3, -0.25) is 0 Å². The van der Waals surface area contributed by atoms with Crippen LogP contribution in [0, 0.1) is 5.92 Å². The minimum absolute atomic E-state index is 0.549. The molecule has 0 aliphatic rings. The van der Waals surface area contributed by atoms with Crippen molar-refractivity contribution in [2.45, 2.75) is 26.7 Å². The summed E-state index contributed by atoms with van der Waals surface area (Å²) in [7, 11) is 0. The summed E-state index contributed by atoms with van der Waals surface area (Å²) in [6, 6.07) is 0. The maximum Gasteiger partial charge on any atom is 0.0697 e. The molecule has 4 heteroatoms. The Kier molecular flexibility index (Phi) is 4.32. The molecule has 0 aliphatic carbocycles. The Balaban J connectivity index is 2.62. The normalized spacial score (nSPS) is 12.4. The predicted octanol–water partition coefficient (Wildman–Crippen LogP) is 1.51. The van der Waals surface area contributed by atoms with Gasteiger partial charge in [0.15, 0.2) is 0 Å². The van der Waals surface area contributed by atoms with Gasteiger partial charge in [0.1, 0.15) is 0 Å². The molecule has 0 fully saturated rings. The quantitative estimate of drug-likeness (QED) is 0.773. The summed E-state index contributed by atoms with van der Waals surface area (Å²) < 4.78 is 1.79. The largest absolute Gasteiger partial charge is 0.327 e. The topological polar surface area (TPSA) is 56.7 Å². The molecule has 0 radical (unpaired) electrons. The van der Waals surface area contributed by atoms with Crippen molar-refractivity contribution in [1.82, 2.24) is 15.0 Å². The maximum atomic E-state index is 5.50. The van der Waals surface area contributed by atoms with E-state index >= 15 is 0 Å². The van der Waals surface area contributed by atoms with Crippen molar-refractivity contribution in [3.8, 4) is 0 Å². The summed E-state index contributed by atoms with van der Waals surface area (Å²) in [5.41, 5.74) is 6.64. The lowest BCUT2D eigenvalue weighted by atomic mass is 10.1. The maximum absolute atomic E-state index is 5.50. The highest BCUT2D eigenvalue weighted by atomic mass is 15.4. The molecule has 0 saturated carbocycles. The summed E-state index contributed by atoms with van der Waals surface area (Å²) in [6.45, 7) is 4.97. The second kappa shape index (κ2) is 5.54. The molecule has 0 atom stereocenters. The first-order valence-corrected chi connectivity index (χ1v) is 5.00. The molecule has 1 aromatic heterocycles. The lowest BCUT2D eigenvalue weighted by Gasteiger charge is -2.08. The van der Waals surface area contributed by atoms with Crippen molar-refractivity contribution < 1.29 is 0 Å². The minimum atomic E-state index is 0.549. The number of nitrogens with zero attached hydrogens (tertiary/aromatic N) is 3. The SMILES string of the molecule is CC(C)CCC(=CCN)n1ccnn1. The second-order valence-corrected chi connectivity index (χ2v) is 3.71. The Morgan fingerprint density at radius 2 is 2.36 bits per heavy atom. The van der Waals surface area contributed by atoms with Gasteiger partial charge in [-0.2, -0.15) is 0 Å². The third-order valence-corrected chi connectivity index (χ3v) is 2.05. The smallest absolute Gasteiger partial charge is 0.0697 e. The van der Waals surface area contributed by atoms with Crippen molar-refractivity contribution in [2.75, 3.05) is 6.54 Å². The zero-order valence-electron chi connectivity index (χ0n) is 8.85. The van der Waals surface area contributed by atoms with E-state index in [1.165, 1.54) is 0 Å². The van der Waals surface area contributed by atoms with Crippen LogP contribution >= 0.6 is 0 Å². The van der Waals surface area contributed by atoms with Gasteiger partial charge in [-0.05, 0) is 24.8 Å². The molecule has 0 aliphatic heterocycles. The van der Waals surface area contributed by atoms with Crippen LogP contribution in [0.1, 0.15) is 26.7 Å². The molecule has 0 saturated heterocycles. The first kappa shape index (κ1) is 10.9. The van der Waals surface area contributed by atoms with Gasteiger partial charge in [0.25, 0.3) is 0 Å². The summed E-state index contributed by atoms with van der Waals surface area (Å²) in [4.78, 5) is 0. The summed E-state index contributed by atoms with van der Waals surface area (Å²) in [6.07, 6.45) is 7.67. The average molecular weight is 194 g/mol. The number of hydrogen-bond acceptors (Lipinski definition) is 3. The predicted molar refractivity (Wildman–Crippen MR) is 57.4 cm³/mol. The second-order valence-electron chi connectivity index (χ2n) is 3.71. The zero-order valence-corrected chi connectivity index (χ0v) is 8.85. The number of nitrogens with two attached hydrogens (primary N) is 1. The van der Waals surface area contributed by atoms with E-state index in [0.29, 0.717) is 12.5 Å². The molecule has 0 aromatic carbocycles. The number of aromatic nitrogens is 3. The van der Waals surface area contributed by atoms with Crippen LogP contribution in [0.4, 0.5) is 0 Å².